The van der Waals surface area contributed by atoms with Crippen LogP contribution >= 0.6 is 15.9 Å². The Hall–Kier alpha value is -1.03. The van der Waals surface area contributed by atoms with E-state index >= 15 is 0 Å². The molecule has 0 saturated carbocycles. The zero-order valence-corrected chi connectivity index (χ0v) is 17.8. The van der Waals surface area contributed by atoms with Gasteiger partial charge in [0.25, 0.3) is 0 Å². The minimum Gasteiger partial charge on any atom is -0.492 e. The van der Waals surface area contributed by atoms with Crippen LogP contribution in [-0.4, -0.2) is 19.2 Å². The number of benzene rings is 1. The number of hydrogen-bond donors (Lipinski definition) is 0. The van der Waals surface area contributed by atoms with Crippen LogP contribution in [0.2, 0.25) is 0 Å². The molecule has 0 aliphatic heterocycles. The van der Waals surface area contributed by atoms with Crippen molar-refractivity contribution in [3.8, 4) is 5.75 Å². The van der Waals surface area contributed by atoms with Gasteiger partial charge in [-0.1, -0.05) is 27.7 Å². The van der Waals surface area contributed by atoms with E-state index in [9.17, 15) is 4.79 Å². The molecule has 1 aromatic carbocycles. The van der Waals surface area contributed by atoms with Crippen molar-refractivity contribution in [1.29, 1.82) is 0 Å². The number of halogens is 1. The zero-order chi connectivity index (χ0) is 18.7. The summed E-state index contributed by atoms with van der Waals surface area (Å²) < 4.78 is 12.0. The highest BCUT2D eigenvalue weighted by Crippen LogP contribution is 2.48. The van der Waals surface area contributed by atoms with Crippen molar-refractivity contribution in [2.24, 2.45) is 0 Å². The largest absolute Gasteiger partial charge is 0.492 e. The normalized spacial score (nSPS) is 17.7. The van der Waals surface area contributed by atoms with Gasteiger partial charge in [0.05, 0.1) is 17.7 Å². The highest BCUT2D eigenvalue weighted by atomic mass is 79.9. The number of ether oxygens (including phenoxy) is 2. The summed E-state index contributed by atoms with van der Waals surface area (Å²) in [5, 5.41) is 0. The summed E-state index contributed by atoms with van der Waals surface area (Å²) >= 11 is 3.69. The molecule has 0 atom stereocenters. The van der Waals surface area contributed by atoms with Gasteiger partial charge in [-0.3, -0.25) is 4.79 Å². The molecular weight excluding hydrogens is 380 g/mol. The SMILES string of the molecule is CC(=O)OCCCCCOc1cc2c(cc1Br)C(C)(C)CCC2(C)C. The lowest BCUT2D eigenvalue weighted by molar-refractivity contribution is -0.141. The third kappa shape index (κ3) is 5.22. The van der Waals surface area contributed by atoms with E-state index in [4.69, 9.17) is 9.47 Å². The Bertz CT molecular complexity index is 620. The van der Waals surface area contributed by atoms with Crippen LogP contribution in [0.5, 0.6) is 5.75 Å². The van der Waals surface area contributed by atoms with Crippen LogP contribution in [0.1, 0.15) is 77.8 Å². The van der Waals surface area contributed by atoms with Crippen LogP contribution in [0.15, 0.2) is 16.6 Å². The lowest BCUT2D eigenvalue weighted by Gasteiger charge is -2.42. The molecule has 0 fully saturated rings. The maximum atomic E-state index is 10.7. The standard InChI is InChI=1S/C21H31BrO3/c1-15(23)24-11-7-6-8-12-25-19-14-17-16(13-18(19)22)20(2,3)9-10-21(17,4)5/h13-14H,6-12H2,1-5H3. The van der Waals surface area contributed by atoms with Gasteiger partial charge in [-0.2, -0.15) is 0 Å². The minimum absolute atomic E-state index is 0.188. The summed E-state index contributed by atoms with van der Waals surface area (Å²) in [4.78, 5) is 10.7. The van der Waals surface area contributed by atoms with E-state index in [1.165, 1.54) is 30.9 Å². The van der Waals surface area contributed by atoms with Gasteiger partial charge in [0, 0.05) is 6.92 Å². The number of unbranched alkanes of at least 4 members (excludes halogenated alkanes) is 2. The van der Waals surface area contributed by atoms with Crippen molar-refractivity contribution in [3.63, 3.8) is 0 Å². The number of esters is 1. The third-order valence-electron chi connectivity index (χ3n) is 5.26. The van der Waals surface area contributed by atoms with Crippen molar-refractivity contribution in [2.45, 2.75) is 77.6 Å². The lowest BCUT2D eigenvalue weighted by atomic mass is 9.63. The molecular formula is C21H31BrO3. The monoisotopic (exact) mass is 410 g/mol. The van der Waals surface area contributed by atoms with E-state index in [1.807, 2.05) is 0 Å². The molecule has 0 spiro atoms. The van der Waals surface area contributed by atoms with Crippen molar-refractivity contribution < 1.29 is 14.3 Å². The number of hydrogen-bond acceptors (Lipinski definition) is 3. The molecule has 0 aromatic heterocycles. The molecule has 0 heterocycles. The fraction of sp³-hybridized carbons (Fsp3) is 0.667. The third-order valence-corrected chi connectivity index (χ3v) is 5.88. The number of carbonyl (C=O) groups excluding carboxylic acids is 1. The molecule has 1 aliphatic rings. The smallest absolute Gasteiger partial charge is 0.302 e. The maximum absolute atomic E-state index is 10.7. The molecule has 4 heteroatoms. The molecule has 0 N–H and O–H groups in total. The van der Waals surface area contributed by atoms with Crippen molar-refractivity contribution in [3.05, 3.63) is 27.7 Å². The fourth-order valence-corrected chi connectivity index (χ4v) is 3.91. The first kappa shape index (κ1) is 20.3. The predicted molar refractivity (Wildman–Crippen MR) is 105 cm³/mol. The van der Waals surface area contributed by atoms with Gasteiger partial charge in [0.2, 0.25) is 0 Å². The second-order valence-electron chi connectivity index (χ2n) is 8.35. The Morgan fingerprint density at radius 1 is 1.00 bits per heavy atom. The summed E-state index contributed by atoms with van der Waals surface area (Å²) in [7, 11) is 0. The highest BCUT2D eigenvalue weighted by Gasteiger charge is 2.37. The Balaban J connectivity index is 1.97. The van der Waals surface area contributed by atoms with Crippen LogP contribution in [0.3, 0.4) is 0 Å². The van der Waals surface area contributed by atoms with Gasteiger partial charge < -0.3 is 9.47 Å². The Morgan fingerprint density at radius 2 is 1.56 bits per heavy atom. The number of rotatable bonds is 7. The van der Waals surface area contributed by atoms with Crippen LogP contribution in [-0.2, 0) is 20.4 Å². The Labute approximate surface area is 160 Å². The van der Waals surface area contributed by atoms with Crippen LogP contribution < -0.4 is 4.74 Å². The fourth-order valence-electron chi connectivity index (χ4n) is 3.46. The van der Waals surface area contributed by atoms with Crippen molar-refractivity contribution >= 4 is 21.9 Å². The van der Waals surface area contributed by atoms with Crippen molar-refractivity contribution in [1.82, 2.24) is 0 Å². The quantitative estimate of drug-likeness (QED) is 0.413. The van der Waals surface area contributed by atoms with E-state index < -0.39 is 0 Å². The van der Waals surface area contributed by atoms with E-state index in [2.05, 4.69) is 55.8 Å². The van der Waals surface area contributed by atoms with Gasteiger partial charge in [-0.05, 0) is 82.1 Å². The average molecular weight is 411 g/mol. The molecule has 140 valence electrons. The first-order valence-electron chi connectivity index (χ1n) is 9.24. The Kier molecular flexibility index (Phi) is 6.58. The molecule has 0 bridgehead atoms. The maximum Gasteiger partial charge on any atom is 0.302 e. The van der Waals surface area contributed by atoms with Crippen LogP contribution in [0.4, 0.5) is 0 Å². The zero-order valence-electron chi connectivity index (χ0n) is 16.2. The summed E-state index contributed by atoms with van der Waals surface area (Å²) in [5.74, 6) is 0.726. The van der Waals surface area contributed by atoms with E-state index in [0.29, 0.717) is 13.2 Å². The van der Waals surface area contributed by atoms with Gasteiger partial charge >= 0.3 is 5.97 Å². The Morgan fingerprint density at radius 3 is 2.16 bits per heavy atom. The van der Waals surface area contributed by atoms with E-state index in [1.54, 1.807) is 0 Å². The summed E-state index contributed by atoms with van der Waals surface area (Å²) in [6.45, 7) is 11.9. The number of carbonyl (C=O) groups is 1. The first-order chi connectivity index (χ1) is 11.6. The first-order valence-corrected chi connectivity index (χ1v) is 10.0. The van der Waals surface area contributed by atoms with Crippen molar-refractivity contribution in [2.75, 3.05) is 13.2 Å². The predicted octanol–water partition coefficient (Wildman–Crippen LogP) is 5.91. The molecule has 3 nitrogen and oxygen atoms in total. The van der Waals surface area contributed by atoms with Crippen LogP contribution in [0, 0.1) is 0 Å². The van der Waals surface area contributed by atoms with E-state index in [0.717, 1.165) is 29.5 Å². The molecule has 0 radical (unpaired) electrons. The molecule has 0 saturated heterocycles. The summed E-state index contributed by atoms with van der Waals surface area (Å²) in [6.07, 6.45) is 5.25. The lowest BCUT2D eigenvalue weighted by Crippen LogP contribution is -2.33. The van der Waals surface area contributed by atoms with Gasteiger partial charge in [0.1, 0.15) is 5.75 Å². The second kappa shape index (κ2) is 8.11. The molecule has 1 aromatic rings. The molecule has 0 unspecified atom stereocenters. The molecule has 0 amide bonds. The minimum atomic E-state index is -0.209. The molecule has 25 heavy (non-hydrogen) atoms. The molecule has 2 rings (SSSR count). The second-order valence-corrected chi connectivity index (χ2v) is 9.20. The summed E-state index contributed by atoms with van der Waals surface area (Å²) in [5.41, 5.74) is 3.25. The van der Waals surface area contributed by atoms with Gasteiger partial charge in [0.15, 0.2) is 0 Å². The van der Waals surface area contributed by atoms with Gasteiger partial charge in [-0.25, -0.2) is 0 Å². The number of fused-ring (bicyclic) bond motifs is 1. The van der Waals surface area contributed by atoms with Gasteiger partial charge in [-0.15, -0.1) is 0 Å². The average Bonchev–Trinajstić information content (AvgIpc) is 2.51. The summed E-state index contributed by atoms with van der Waals surface area (Å²) in [6, 6.07) is 4.49. The topological polar surface area (TPSA) is 35.5 Å². The molecule has 1 aliphatic carbocycles. The highest BCUT2D eigenvalue weighted by molar-refractivity contribution is 9.10. The van der Waals surface area contributed by atoms with Crippen LogP contribution in [0.25, 0.3) is 0 Å². The van der Waals surface area contributed by atoms with E-state index in [-0.39, 0.29) is 16.8 Å².